The molecule has 1 N–H and O–H groups in total. The van der Waals surface area contributed by atoms with E-state index in [4.69, 9.17) is 9.47 Å². The van der Waals surface area contributed by atoms with E-state index in [1.54, 1.807) is 26.3 Å². The summed E-state index contributed by atoms with van der Waals surface area (Å²) in [7, 11) is 1.62. The number of esters is 1. The van der Waals surface area contributed by atoms with Gasteiger partial charge < -0.3 is 14.5 Å². The van der Waals surface area contributed by atoms with Crippen LogP contribution in [-0.4, -0.2) is 24.7 Å². The van der Waals surface area contributed by atoms with Crippen LogP contribution < -0.4 is 4.74 Å². The molecule has 1 heterocycles. The van der Waals surface area contributed by atoms with Crippen molar-refractivity contribution < 1.29 is 14.3 Å². The van der Waals surface area contributed by atoms with E-state index in [-0.39, 0.29) is 5.97 Å². The van der Waals surface area contributed by atoms with Gasteiger partial charge in [0, 0.05) is 6.20 Å². The highest BCUT2D eigenvalue weighted by atomic mass is 16.5. The lowest BCUT2D eigenvalue weighted by Crippen LogP contribution is -2.04. The highest BCUT2D eigenvalue weighted by molar-refractivity contribution is 5.96. The molecule has 4 heteroatoms. The molecule has 0 atom stereocenters. The van der Waals surface area contributed by atoms with Gasteiger partial charge in [-0.15, -0.1) is 0 Å². The molecule has 0 aliphatic carbocycles. The minimum absolute atomic E-state index is 0.315. The Morgan fingerprint density at radius 2 is 1.94 bits per heavy atom. The molecule has 0 radical (unpaired) electrons. The minimum atomic E-state index is -0.315. The van der Waals surface area contributed by atoms with E-state index < -0.39 is 0 Å². The van der Waals surface area contributed by atoms with Crippen molar-refractivity contribution in [1.29, 1.82) is 0 Å². The summed E-state index contributed by atoms with van der Waals surface area (Å²) in [5.41, 5.74) is 2.22. The quantitative estimate of drug-likeness (QED) is 0.843. The molecular formula is C14H15NO3. The Bertz CT molecular complexity index is 528. The van der Waals surface area contributed by atoms with Crippen molar-refractivity contribution in [3.63, 3.8) is 0 Å². The van der Waals surface area contributed by atoms with Gasteiger partial charge in [0.2, 0.25) is 0 Å². The largest absolute Gasteiger partial charge is 0.497 e. The van der Waals surface area contributed by atoms with Gasteiger partial charge in [0.15, 0.2) is 0 Å². The molecule has 2 aromatic rings. The number of hydrogen-bond acceptors (Lipinski definition) is 3. The van der Waals surface area contributed by atoms with E-state index in [2.05, 4.69) is 4.98 Å². The molecule has 0 bridgehead atoms. The summed E-state index contributed by atoms with van der Waals surface area (Å²) in [6.45, 7) is 2.16. The molecule has 0 spiro atoms. The molecule has 0 aliphatic rings. The van der Waals surface area contributed by atoms with Crippen LogP contribution in [0.25, 0.3) is 11.3 Å². The average Bonchev–Trinajstić information content (AvgIpc) is 2.88. The highest BCUT2D eigenvalue weighted by Crippen LogP contribution is 2.24. The van der Waals surface area contributed by atoms with Crippen LogP contribution in [-0.2, 0) is 4.74 Å². The van der Waals surface area contributed by atoms with Crippen LogP contribution in [0.1, 0.15) is 17.3 Å². The summed E-state index contributed by atoms with van der Waals surface area (Å²) in [5.74, 6) is 0.465. The number of hydrogen-bond donors (Lipinski definition) is 1. The third-order valence-corrected chi connectivity index (χ3v) is 2.62. The van der Waals surface area contributed by atoms with Crippen LogP contribution in [0.3, 0.4) is 0 Å². The number of rotatable bonds is 4. The van der Waals surface area contributed by atoms with Crippen LogP contribution in [0.4, 0.5) is 0 Å². The molecule has 2 rings (SSSR count). The van der Waals surface area contributed by atoms with Gasteiger partial charge in [0.25, 0.3) is 0 Å². The summed E-state index contributed by atoms with van der Waals surface area (Å²) < 4.78 is 10.1. The van der Waals surface area contributed by atoms with Crippen molar-refractivity contribution in [2.75, 3.05) is 13.7 Å². The standard InChI is InChI=1S/C14H15NO3/c1-3-18-14(16)12-8-9-15-13(12)10-4-6-11(17-2)7-5-10/h4-9,15H,3H2,1-2H3. The second-order valence-electron chi connectivity index (χ2n) is 3.72. The lowest BCUT2D eigenvalue weighted by molar-refractivity contribution is 0.0527. The third-order valence-electron chi connectivity index (χ3n) is 2.62. The molecule has 18 heavy (non-hydrogen) atoms. The predicted molar refractivity (Wildman–Crippen MR) is 68.7 cm³/mol. The van der Waals surface area contributed by atoms with E-state index in [9.17, 15) is 4.79 Å². The normalized spacial score (nSPS) is 10.1. The summed E-state index contributed by atoms with van der Waals surface area (Å²) in [6, 6.07) is 9.22. The third kappa shape index (κ3) is 2.37. The number of carbonyl (C=O) groups is 1. The molecule has 0 aliphatic heterocycles. The van der Waals surface area contributed by atoms with Crippen LogP contribution in [0.5, 0.6) is 5.75 Å². The van der Waals surface area contributed by atoms with Gasteiger partial charge in [-0.3, -0.25) is 0 Å². The Kier molecular flexibility index (Phi) is 3.67. The second kappa shape index (κ2) is 5.40. The number of aromatic nitrogens is 1. The Balaban J connectivity index is 2.32. The van der Waals surface area contributed by atoms with Crippen LogP contribution in [0.15, 0.2) is 36.5 Å². The van der Waals surface area contributed by atoms with Gasteiger partial charge in [0.1, 0.15) is 5.75 Å². The Labute approximate surface area is 106 Å². The topological polar surface area (TPSA) is 51.3 Å². The number of benzene rings is 1. The summed E-state index contributed by atoms with van der Waals surface area (Å²) in [5, 5.41) is 0. The highest BCUT2D eigenvalue weighted by Gasteiger charge is 2.14. The first-order valence-corrected chi connectivity index (χ1v) is 5.75. The number of nitrogens with one attached hydrogen (secondary N) is 1. The van der Waals surface area contributed by atoms with Crippen molar-refractivity contribution >= 4 is 5.97 Å². The first-order valence-electron chi connectivity index (χ1n) is 5.75. The summed E-state index contributed by atoms with van der Waals surface area (Å²) >= 11 is 0. The lowest BCUT2D eigenvalue weighted by Gasteiger charge is -2.05. The molecule has 94 valence electrons. The van der Waals surface area contributed by atoms with E-state index in [1.807, 2.05) is 24.3 Å². The van der Waals surface area contributed by atoms with Crippen molar-refractivity contribution in [1.82, 2.24) is 4.98 Å². The molecule has 4 nitrogen and oxygen atoms in total. The second-order valence-corrected chi connectivity index (χ2v) is 3.72. The molecule has 0 fully saturated rings. The number of ether oxygens (including phenoxy) is 2. The smallest absolute Gasteiger partial charge is 0.340 e. The molecule has 0 unspecified atom stereocenters. The molecular weight excluding hydrogens is 230 g/mol. The van der Waals surface area contributed by atoms with Gasteiger partial charge in [-0.1, -0.05) is 0 Å². The molecule has 0 saturated heterocycles. The first-order chi connectivity index (χ1) is 8.76. The maximum Gasteiger partial charge on any atom is 0.340 e. The molecule has 0 amide bonds. The summed E-state index contributed by atoms with van der Waals surface area (Å²) in [4.78, 5) is 14.8. The van der Waals surface area contributed by atoms with Crippen molar-refractivity contribution in [2.24, 2.45) is 0 Å². The number of H-pyrrole nitrogens is 1. The van der Waals surface area contributed by atoms with Crippen molar-refractivity contribution in [2.45, 2.75) is 6.92 Å². The molecule has 0 saturated carbocycles. The monoisotopic (exact) mass is 245 g/mol. The first kappa shape index (κ1) is 12.2. The van der Waals surface area contributed by atoms with Crippen LogP contribution in [0.2, 0.25) is 0 Å². The Morgan fingerprint density at radius 1 is 1.22 bits per heavy atom. The van der Waals surface area contributed by atoms with E-state index in [0.29, 0.717) is 12.2 Å². The minimum Gasteiger partial charge on any atom is -0.497 e. The van der Waals surface area contributed by atoms with Crippen molar-refractivity contribution in [3.8, 4) is 17.0 Å². The molecule has 1 aromatic carbocycles. The van der Waals surface area contributed by atoms with Gasteiger partial charge in [0.05, 0.1) is 25.0 Å². The maximum absolute atomic E-state index is 11.8. The zero-order valence-electron chi connectivity index (χ0n) is 10.4. The zero-order chi connectivity index (χ0) is 13.0. The average molecular weight is 245 g/mol. The number of carbonyl (C=O) groups excluding carboxylic acids is 1. The fourth-order valence-corrected chi connectivity index (χ4v) is 1.74. The summed E-state index contributed by atoms with van der Waals surface area (Å²) in [6.07, 6.45) is 1.73. The molecule has 1 aromatic heterocycles. The Morgan fingerprint density at radius 3 is 2.56 bits per heavy atom. The van der Waals surface area contributed by atoms with Gasteiger partial charge in [-0.05, 0) is 42.8 Å². The zero-order valence-corrected chi connectivity index (χ0v) is 10.4. The van der Waals surface area contributed by atoms with Crippen LogP contribution >= 0.6 is 0 Å². The Hall–Kier alpha value is -2.23. The van der Waals surface area contributed by atoms with Gasteiger partial charge in [-0.2, -0.15) is 0 Å². The fraction of sp³-hybridized carbons (Fsp3) is 0.214. The maximum atomic E-state index is 11.8. The predicted octanol–water partition coefficient (Wildman–Crippen LogP) is 2.87. The van der Waals surface area contributed by atoms with E-state index in [1.165, 1.54) is 0 Å². The number of methoxy groups -OCH3 is 1. The van der Waals surface area contributed by atoms with E-state index in [0.717, 1.165) is 17.0 Å². The number of aromatic amines is 1. The van der Waals surface area contributed by atoms with Gasteiger partial charge >= 0.3 is 5.97 Å². The lowest BCUT2D eigenvalue weighted by atomic mass is 10.1. The SMILES string of the molecule is CCOC(=O)c1cc[nH]c1-c1ccc(OC)cc1. The van der Waals surface area contributed by atoms with Crippen LogP contribution in [0, 0.1) is 0 Å². The fourth-order valence-electron chi connectivity index (χ4n) is 1.74. The van der Waals surface area contributed by atoms with E-state index >= 15 is 0 Å². The van der Waals surface area contributed by atoms with Crippen molar-refractivity contribution in [3.05, 3.63) is 42.1 Å². The van der Waals surface area contributed by atoms with Gasteiger partial charge in [-0.25, -0.2) is 4.79 Å².